The van der Waals surface area contributed by atoms with Crippen LogP contribution in [0.5, 0.6) is 11.5 Å². The van der Waals surface area contributed by atoms with Crippen LogP contribution in [0.4, 0.5) is 0 Å². The molecule has 1 unspecified atom stereocenters. The number of pyridine rings is 1. The molecule has 2 aromatic heterocycles. The molecular formula is C21H20N2O6. The third-order valence-electron chi connectivity index (χ3n) is 4.27. The molecule has 0 amide bonds. The van der Waals surface area contributed by atoms with Crippen molar-refractivity contribution >= 4 is 28.4 Å². The van der Waals surface area contributed by atoms with Crippen LogP contribution in [0.3, 0.4) is 0 Å². The van der Waals surface area contributed by atoms with Crippen LogP contribution < -0.4 is 9.47 Å². The minimum absolute atomic E-state index is 0.205. The van der Waals surface area contributed by atoms with Crippen LogP contribution in [-0.2, 0) is 9.53 Å². The van der Waals surface area contributed by atoms with E-state index in [1.807, 2.05) is 28.8 Å². The molecule has 0 aliphatic carbocycles. The average molecular weight is 396 g/mol. The standard InChI is InChI=1S/C21H20N2O6/c1-3-27-21(26)20-14-11-18(29-13(2)10-19(24)25)17(28-9-7-22)12-16(14)23-8-5-4-6-15(20)23/h4-6,8,11-13H,3,9-10H2,1-2H3,(H,24,25). The smallest absolute Gasteiger partial charge is 0.340 e. The average Bonchev–Trinajstić information content (AvgIpc) is 2.99. The number of benzene rings is 1. The highest BCUT2D eigenvalue weighted by Crippen LogP contribution is 2.38. The minimum atomic E-state index is -1.00. The topological polar surface area (TPSA) is 110 Å². The van der Waals surface area contributed by atoms with Crippen molar-refractivity contribution in [2.45, 2.75) is 26.4 Å². The summed E-state index contributed by atoms with van der Waals surface area (Å²) in [6, 6.07) is 10.6. The number of aromatic nitrogens is 1. The number of nitriles is 1. The monoisotopic (exact) mass is 396 g/mol. The van der Waals surface area contributed by atoms with Gasteiger partial charge in [0.1, 0.15) is 12.2 Å². The molecule has 0 bridgehead atoms. The number of ether oxygens (including phenoxy) is 3. The molecule has 3 aromatic rings. The molecule has 0 fully saturated rings. The molecule has 29 heavy (non-hydrogen) atoms. The van der Waals surface area contributed by atoms with Crippen LogP contribution in [0, 0.1) is 11.3 Å². The van der Waals surface area contributed by atoms with Gasteiger partial charge in [0.25, 0.3) is 0 Å². The summed E-state index contributed by atoms with van der Waals surface area (Å²) in [6.07, 6.45) is 0.956. The second kappa shape index (κ2) is 8.52. The van der Waals surface area contributed by atoms with E-state index in [1.165, 1.54) is 0 Å². The Bertz CT molecular complexity index is 1110. The quantitative estimate of drug-likeness (QED) is 0.581. The number of rotatable bonds is 8. The van der Waals surface area contributed by atoms with Gasteiger partial charge >= 0.3 is 11.9 Å². The predicted molar refractivity (Wildman–Crippen MR) is 104 cm³/mol. The van der Waals surface area contributed by atoms with E-state index in [0.29, 0.717) is 22.0 Å². The summed E-state index contributed by atoms with van der Waals surface area (Å²) in [5.74, 6) is -0.931. The number of carboxylic acids is 1. The third-order valence-corrected chi connectivity index (χ3v) is 4.27. The number of aliphatic carboxylic acids is 1. The summed E-state index contributed by atoms with van der Waals surface area (Å²) >= 11 is 0. The molecule has 8 nitrogen and oxygen atoms in total. The molecule has 1 aromatic carbocycles. The van der Waals surface area contributed by atoms with Crippen LogP contribution in [-0.4, -0.2) is 40.8 Å². The van der Waals surface area contributed by atoms with Gasteiger partial charge in [0, 0.05) is 17.6 Å². The lowest BCUT2D eigenvalue weighted by Crippen LogP contribution is -2.17. The van der Waals surface area contributed by atoms with E-state index in [2.05, 4.69) is 0 Å². The maximum atomic E-state index is 12.6. The Morgan fingerprint density at radius 1 is 1.24 bits per heavy atom. The first-order valence-electron chi connectivity index (χ1n) is 9.08. The molecule has 1 atom stereocenters. The minimum Gasteiger partial charge on any atom is -0.486 e. The van der Waals surface area contributed by atoms with Crippen LogP contribution in [0.25, 0.3) is 16.4 Å². The van der Waals surface area contributed by atoms with Gasteiger partial charge in [-0.25, -0.2) is 4.79 Å². The van der Waals surface area contributed by atoms with Gasteiger partial charge in [-0.15, -0.1) is 0 Å². The number of carboxylic acid groups (broad SMARTS) is 1. The Hall–Kier alpha value is -3.73. The molecule has 150 valence electrons. The number of fused-ring (bicyclic) bond motifs is 3. The molecule has 0 saturated carbocycles. The number of carbonyl (C=O) groups excluding carboxylic acids is 1. The molecule has 2 heterocycles. The molecular weight excluding hydrogens is 376 g/mol. The number of esters is 1. The van der Waals surface area contributed by atoms with Gasteiger partial charge in [0.2, 0.25) is 0 Å². The number of nitrogens with zero attached hydrogens (tertiary/aromatic N) is 2. The zero-order valence-corrected chi connectivity index (χ0v) is 16.0. The van der Waals surface area contributed by atoms with Crippen LogP contribution >= 0.6 is 0 Å². The van der Waals surface area contributed by atoms with E-state index in [1.54, 1.807) is 32.0 Å². The molecule has 0 spiro atoms. The zero-order chi connectivity index (χ0) is 21.0. The molecule has 0 aliphatic rings. The van der Waals surface area contributed by atoms with Crippen molar-refractivity contribution in [3.05, 3.63) is 42.1 Å². The van der Waals surface area contributed by atoms with Crippen molar-refractivity contribution < 1.29 is 28.9 Å². The Morgan fingerprint density at radius 2 is 2.03 bits per heavy atom. The first kappa shape index (κ1) is 20.0. The van der Waals surface area contributed by atoms with E-state index in [0.717, 1.165) is 0 Å². The number of hydrogen-bond donors (Lipinski definition) is 1. The maximum absolute atomic E-state index is 12.6. The largest absolute Gasteiger partial charge is 0.486 e. The van der Waals surface area contributed by atoms with Crippen LogP contribution in [0.2, 0.25) is 0 Å². The van der Waals surface area contributed by atoms with Crippen molar-refractivity contribution in [1.29, 1.82) is 5.26 Å². The Kier molecular flexibility index (Phi) is 5.88. The maximum Gasteiger partial charge on any atom is 0.340 e. The summed E-state index contributed by atoms with van der Waals surface area (Å²) in [5.41, 5.74) is 1.71. The summed E-state index contributed by atoms with van der Waals surface area (Å²) in [7, 11) is 0. The van der Waals surface area contributed by atoms with Gasteiger partial charge in [-0.2, -0.15) is 5.26 Å². The van der Waals surface area contributed by atoms with Gasteiger partial charge < -0.3 is 23.7 Å². The van der Waals surface area contributed by atoms with Gasteiger partial charge in [0.15, 0.2) is 18.1 Å². The SMILES string of the molecule is CCOC(=O)c1c2cc(OC(C)CC(=O)O)c(OCC#N)cc2n2ccccc12. The summed E-state index contributed by atoms with van der Waals surface area (Å²) < 4.78 is 18.3. The van der Waals surface area contributed by atoms with Crippen LogP contribution in [0.15, 0.2) is 36.5 Å². The Labute approximate surface area is 166 Å². The van der Waals surface area contributed by atoms with Gasteiger partial charge in [0.05, 0.1) is 29.6 Å². The highest BCUT2D eigenvalue weighted by atomic mass is 16.5. The second-order valence-electron chi connectivity index (χ2n) is 6.34. The highest BCUT2D eigenvalue weighted by molar-refractivity contribution is 6.12. The van der Waals surface area contributed by atoms with Crippen molar-refractivity contribution in [3.63, 3.8) is 0 Å². The van der Waals surface area contributed by atoms with E-state index >= 15 is 0 Å². The first-order valence-corrected chi connectivity index (χ1v) is 9.08. The second-order valence-corrected chi connectivity index (χ2v) is 6.34. The lowest BCUT2D eigenvalue weighted by atomic mass is 10.1. The van der Waals surface area contributed by atoms with Gasteiger partial charge in [-0.3, -0.25) is 4.79 Å². The fourth-order valence-electron chi connectivity index (χ4n) is 3.18. The van der Waals surface area contributed by atoms with E-state index in [4.69, 9.17) is 24.6 Å². The Morgan fingerprint density at radius 3 is 2.72 bits per heavy atom. The number of hydrogen-bond acceptors (Lipinski definition) is 6. The van der Waals surface area contributed by atoms with Crippen molar-refractivity contribution in [2.24, 2.45) is 0 Å². The summed E-state index contributed by atoms with van der Waals surface area (Å²) in [5, 5.41) is 18.5. The fourth-order valence-corrected chi connectivity index (χ4v) is 3.18. The Balaban J connectivity index is 2.22. The summed E-state index contributed by atoms with van der Waals surface area (Å²) in [6.45, 7) is 3.37. The molecule has 0 saturated heterocycles. The molecule has 1 N–H and O–H groups in total. The van der Waals surface area contributed by atoms with Crippen molar-refractivity contribution in [2.75, 3.05) is 13.2 Å². The lowest BCUT2D eigenvalue weighted by molar-refractivity contribution is -0.138. The fraction of sp³-hybridized carbons (Fsp3) is 0.286. The summed E-state index contributed by atoms with van der Waals surface area (Å²) in [4.78, 5) is 23.6. The number of carbonyl (C=O) groups is 2. The first-order chi connectivity index (χ1) is 14.0. The van der Waals surface area contributed by atoms with Crippen LogP contribution in [0.1, 0.15) is 30.6 Å². The van der Waals surface area contributed by atoms with Crippen molar-refractivity contribution in [3.8, 4) is 17.6 Å². The van der Waals surface area contributed by atoms with E-state index in [-0.39, 0.29) is 31.1 Å². The predicted octanol–water partition coefficient (Wildman–Crippen LogP) is 3.41. The zero-order valence-electron chi connectivity index (χ0n) is 16.0. The highest BCUT2D eigenvalue weighted by Gasteiger charge is 2.23. The molecule has 0 aliphatic heterocycles. The van der Waals surface area contributed by atoms with Gasteiger partial charge in [-0.1, -0.05) is 6.07 Å². The normalized spacial score (nSPS) is 11.8. The lowest BCUT2D eigenvalue weighted by Gasteiger charge is -2.16. The van der Waals surface area contributed by atoms with E-state index in [9.17, 15) is 9.59 Å². The third kappa shape index (κ3) is 4.09. The molecule has 0 radical (unpaired) electrons. The van der Waals surface area contributed by atoms with E-state index < -0.39 is 18.0 Å². The molecule has 3 rings (SSSR count). The molecule has 8 heteroatoms. The van der Waals surface area contributed by atoms with Gasteiger partial charge in [-0.05, 0) is 32.0 Å². The van der Waals surface area contributed by atoms with Crippen molar-refractivity contribution in [1.82, 2.24) is 4.40 Å².